The number of nitrogens with one attached hydrogen (secondary N) is 1. The summed E-state index contributed by atoms with van der Waals surface area (Å²) in [5.74, 6) is 0.524. The van der Waals surface area contributed by atoms with Crippen molar-refractivity contribution in [2.45, 2.75) is 37.5 Å². The smallest absolute Gasteiger partial charge is 0.307 e. The van der Waals surface area contributed by atoms with Gasteiger partial charge in [-0.3, -0.25) is 4.79 Å². The fraction of sp³-hybridized carbons (Fsp3) is 0.533. The van der Waals surface area contributed by atoms with Crippen LogP contribution in [0, 0.1) is 0 Å². The molecule has 1 heterocycles. The summed E-state index contributed by atoms with van der Waals surface area (Å²) in [7, 11) is 0. The predicted molar refractivity (Wildman–Crippen MR) is 79.6 cm³/mol. The SMILES string of the molecule is O=C(O)Cc1ccc(CNCC2CCCCS2)cc1. The van der Waals surface area contributed by atoms with E-state index in [0.29, 0.717) is 0 Å². The summed E-state index contributed by atoms with van der Waals surface area (Å²) >= 11 is 2.08. The van der Waals surface area contributed by atoms with Crippen molar-refractivity contribution in [2.24, 2.45) is 0 Å². The molecule has 1 unspecified atom stereocenters. The summed E-state index contributed by atoms with van der Waals surface area (Å²) < 4.78 is 0. The van der Waals surface area contributed by atoms with Crippen LogP contribution in [0.4, 0.5) is 0 Å². The lowest BCUT2D eigenvalue weighted by Gasteiger charge is -2.21. The van der Waals surface area contributed by atoms with Crippen molar-refractivity contribution in [3.05, 3.63) is 35.4 Å². The Bertz CT molecular complexity index is 399. The number of hydrogen-bond acceptors (Lipinski definition) is 3. The molecule has 1 aliphatic heterocycles. The zero-order valence-corrected chi connectivity index (χ0v) is 11.9. The van der Waals surface area contributed by atoms with Crippen LogP contribution >= 0.6 is 11.8 Å². The molecule has 1 aliphatic rings. The van der Waals surface area contributed by atoms with Crippen LogP contribution in [0.3, 0.4) is 0 Å². The molecule has 19 heavy (non-hydrogen) atoms. The monoisotopic (exact) mass is 279 g/mol. The molecule has 104 valence electrons. The van der Waals surface area contributed by atoms with Gasteiger partial charge in [-0.2, -0.15) is 11.8 Å². The van der Waals surface area contributed by atoms with Crippen LogP contribution in [0.15, 0.2) is 24.3 Å². The Morgan fingerprint density at radius 2 is 2.00 bits per heavy atom. The first-order chi connectivity index (χ1) is 9.24. The lowest BCUT2D eigenvalue weighted by Crippen LogP contribution is -2.26. The van der Waals surface area contributed by atoms with Gasteiger partial charge in [0, 0.05) is 18.3 Å². The van der Waals surface area contributed by atoms with E-state index in [4.69, 9.17) is 5.11 Å². The number of rotatable bonds is 6. The van der Waals surface area contributed by atoms with Crippen molar-refractivity contribution in [1.29, 1.82) is 0 Å². The number of benzene rings is 1. The number of carboxylic acids is 1. The first kappa shape index (κ1) is 14.4. The summed E-state index contributed by atoms with van der Waals surface area (Å²) in [5.41, 5.74) is 2.08. The summed E-state index contributed by atoms with van der Waals surface area (Å²) in [6.07, 6.45) is 4.16. The van der Waals surface area contributed by atoms with E-state index in [1.807, 2.05) is 24.3 Å². The van der Waals surface area contributed by atoms with Gasteiger partial charge in [0.2, 0.25) is 0 Å². The van der Waals surface area contributed by atoms with Gasteiger partial charge in [-0.15, -0.1) is 0 Å². The zero-order chi connectivity index (χ0) is 13.5. The normalized spacial score (nSPS) is 19.3. The highest BCUT2D eigenvalue weighted by Gasteiger charge is 2.12. The van der Waals surface area contributed by atoms with Crippen molar-refractivity contribution >= 4 is 17.7 Å². The molecule has 1 saturated heterocycles. The number of aliphatic carboxylic acids is 1. The molecule has 1 aromatic rings. The van der Waals surface area contributed by atoms with Crippen molar-refractivity contribution < 1.29 is 9.90 Å². The average Bonchev–Trinajstić information content (AvgIpc) is 2.41. The Hall–Kier alpha value is -1.00. The fourth-order valence-electron chi connectivity index (χ4n) is 2.30. The summed E-state index contributed by atoms with van der Waals surface area (Å²) in [6.45, 7) is 1.94. The van der Waals surface area contributed by atoms with Crippen LogP contribution < -0.4 is 5.32 Å². The van der Waals surface area contributed by atoms with Gasteiger partial charge in [0.25, 0.3) is 0 Å². The predicted octanol–water partition coefficient (Wildman–Crippen LogP) is 2.69. The first-order valence-corrected chi connectivity index (χ1v) is 7.91. The van der Waals surface area contributed by atoms with Crippen molar-refractivity contribution in [3.63, 3.8) is 0 Å². The van der Waals surface area contributed by atoms with E-state index < -0.39 is 5.97 Å². The molecule has 0 saturated carbocycles. The van der Waals surface area contributed by atoms with E-state index in [0.717, 1.165) is 23.9 Å². The van der Waals surface area contributed by atoms with Crippen LogP contribution in [0.1, 0.15) is 30.4 Å². The quantitative estimate of drug-likeness (QED) is 0.840. The van der Waals surface area contributed by atoms with Gasteiger partial charge < -0.3 is 10.4 Å². The average molecular weight is 279 g/mol. The van der Waals surface area contributed by atoms with Crippen molar-refractivity contribution in [2.75, 3.05) is 12.3 Å². The maximum Gasteiger partial charge on any atom is 0.307 e. The number of carbonyl (C=O) groups is 1. The van der Waals surface area contributed by atoms with Gasteiger partial charge in [-0.25, -0.2) is 0 Å². The Labute approximate surface area is 118 Å². The molecule has 2 N–H and O–H groups in total. The van der Waals surface area contributed by atoms with Crippen molar-refractivity contribution in [1.82, 2.24) is 5.32 Å². The Kier molecular flexibility index (Phi) is 5.73. The number of hydrogen-bond donors (Lipinski definition) is 2. The zero-order valence-electron chi connectivity index (χ0n) is 11.1. The molecule has 2 rings (SSSR count). The topological polar surface area (TPSA) is 49.3 Å². The number of carboxylic acid groups (broad SMARTS) is 1. The molecular formula is C15H21NO2S. The van der Waals surface area contributed by atoms with Crippen LogP contribution in [0.25, 0.3) is 0 Å². The van der Waals surface area contributed by atoms with Crippen LogP contribution in [0.2, 0.25) is 0 Å². The largest absolute Gasteiger partial charge is 0.481 e. The molecule has 0 aromatic heterocycles. The lowest BCUT2D eigenvalue weighted by atomic mass is 10.1. The van der Waals surface area contributed by atoms with Gasteiger partial charge in [0.1, 0.15) is 0 Å². The maximum absolute atomic E-state index is 10.6. The molecule has 4 heteroatoms. The molecule has 1 fully saturated rings. The van der Waals surface area contributed by atoms with Crippen LogP contribution in [0.5, 0.6) is 0 Å². The molecule has 0 bridgehead atoms. The molecule has 0 radical (unpaired) electrons. The molecular weight excluding hydrogens is 258 g/mol. The van der Waals surface area contributed by atoms with E-state index in [-0.39, 0.29) is 6.42 Å². The summed E-state index contributed by atoms with van der Waals surface area (Å²) in [6, 6.07) is 7.83. The minimum absolute atomic E-state index is 0.104. The molecule has 1 atom stereocenters. The standard InChI is InChI=1S/C15H21NO2S/c17-15(18)9-12-4-6-13(7-5-12)10-16-11-14-3-1-2-8-19-14/h4-7,14,16H,1-3,8-11H2,(H,17,18). The van der Waals surface area contributed by atoms with E-state index >= 15 is 0 Å². The third-order valence-electron chi connectivity index (χ3n) is 3.35. The van der Waals surface area contributed by atoms with Gasteiger partial charge in [-0.1, -0.05) is 30.7 Å². The van der Waals surface area contributed by atoms with Crippen LogP contribution in [-0.4, -0.2) is 28.6 Å². The minimum atomic E-state index is -0.778. The lowest BCUT2D eigenvalue weighted by molar-refractivity contribution is -0.136. The van der Waals surface area contributed by atoms with Crippen LogP contribution in [-0.2, 0) is 17.8 Å². The highest BCUT2D eigenvalue weighted by atomic mass is 32.2. The second-order valence-corrected chi connectivity index (χ2v) is 6.41. The molecule has 3 nitrogen and oxygen atoms in total. The Morgan fingerprint density at radius 1 is 1.26 bits per heavy atom. The molecule has 0 amide bonds. The fourth-order valence-corrected chi connectivity index (χ4v) is 3.57. The summed E-state index contributed by atoms with van der Waals surface area (Å²) in [4.78, 5) is 10.6. The second kappa shape index (κ2) is 7.56. The Morgan fingerprint density at radius 3 is 2.63 bits per heavy atom. The van der Waals surface area contributed by atoms with Gasteiger partial charge in [0.15, 0.2) is 0 Å². The molecule has 0 aliphatic carbocycles. The van der Waals surface area contributed by atoms with Gasteiger partial charge in [0.05, 0.1) is 6.42 Å². The minimum Gasteiger partial charge on any atom is -0.481 e. The van der Waals surface area contributed by atoms with Gasteiger partial charge >= 0.3 is 5.97 Å². The van der Waals surface area contributed by atoms with Crippen molar-refractivity contribution in [3.8, 4) is 0 Å². The van der Waals surface area contributed by atoms with E-state index in [1.54, 1.807) is 0 Å². The third kappa shape index (κ3) is 5.25. The van der Waals surface area contributed by atoms with E-state index in [9.17, 15) is 4.79 Å². The highest BCUT2D eigenvalue weighted by Crippen LogP contribution is 2.24. The first-order valence-electron chi connectivity index (χ1n) is 6.86. The van der Waals surface area contributed by atoms with E-state index in [1.165, 1.54) is 30.6 Å². The summed E-state index contributed by atoms with van der Waals surface area (Å²) in [5, 5.41) is 13.0. The molecule has 1 aromatic carbocycles. The Balaban J connectivity index is 1.71. The van der Waals surface area contributed by atoms with E-state index in [2.05, 4.69) is 17.1 Å². The van der Waals surface area contributed by atoms with Gasteiger partial charge in [-0.05, 0) is 29.7 Å². The number of thioether (sulfide) groups is 1. The maximum atomic E-state index is 10.6. The third-order valence-corrected chi connectivity index (χ3v) is 4.75. The second-order valence-electron chi connectivity index (χ2n) is 5.01. The molecule has 0 spiro atoms. The highest BCUT2D eigenvalue weighted by molar-refractivity contribution is 7.99.